The van der Waals surface area contributed by atoms with Crippen LogP contribution in [0.4, 0.5) is 0 Å². The van der Waals surface area contributed by atoms with E-state index in [0.717, 1.165) is 6.54 Å². The molecule has 0 unspecified atom stereocenters. The Balaban J connectivity index is 2.27. The Labute approximate surface area is 110 Å². The molecule has 0 spiro atoms. The first kappa shape index (κ1) is 15.1. The Kier molecular flexibility index (Phi) is 8.43. The van der Waals surface area contributed by atoms with Gasteiger partial charge in [-0.3, -0.25) is 0 Å². The van der Waals surface area contributed by atoms with Crippen LogP contribution in [0.25, 0.3) is 0 Å². The molecule has 0 radical (unpaired) electrons. The average Bonchev–Trinajstić information content (AvgIpc) is 2.40. The van der Waals surface area contributed by atoms with Crippen LogP contribution in [0.3, 0.4) is 0 Å². The minimum absolute atomic E-state index is 0.0993. The van der Waals surface area contributed by atoms with Crippen LogP contribution in [0.2, 0.25) is 0 Å². The van der Waals surface area contributed by atoms with Crippen LogP contribution in [0, 0.1) is 0 Å². The van der Waals surface area contributed by atoms with E-state index in [1.54, 1.807) is 0 Å². The normalized spacial score (nSPS) is 10.8. The number of aliphatic hydroxyl groups excluding tert-OH is 1. The molecule has 0 bridgehead atoms. The molecule has 102 valence electrons. The molecule has 0 saturated heterocycles. The molecule has 0 atom stereocenters. The number of aromatic nitrogens is 1. The topological polar surface area (TPSA) is 33.3 Å². The summed E-state index contributed by atoms with van der Waals surface area (Å²) in [7, 11) is 0. The minimum atomic E-state index is 0.0993. The van der Waals surface area contributed by atoms with Gasteiger partial charge in [-0.05, 0) is 18.9 Å². The van der Waals surface area contributed by atoms with E-state index < -0.39 is 0 Å². The van der Waals surface area contributed by atoms with Crippen LogP contribution in [0.1, 0.15) is 38.2 Å². The van der Waals surface area contributed by atoms with Gasteiger partial charge in [-0.2, -0.15) is 0 Å². The molecule has 0 aliphatic carbocycles. The zero-order chi connectivity index (χ0) is 13.1. The van der Waals surface area contributed by atoms with Crippen molar-refractivity contribution in [3.05, 3.63) is 30.1 Å². The number of rotatable bonds is 10. The van der Waals surface area contributed by atoms with Crippen LogP contribution in [0.15, 0.2) is 24.5 Å². The highest BCUT2D eigenvalue weighted by Crippen LogP contribution is 2.05. The van der Waals surface area contributed by atoms with Crippen molar-refractivity contribution in [1.82, 2.24) is 0 Å². The van der Waals surface area contributed by atoms with Crippen LogP contribution >= 0.6 is 0 Å². The summed E-state index contributed by atoms with van der Waals surface area (Å²) in [6.07, 6.45) is 10.7. The highest BCUT2D eigenvalue weighted by molar-refractivity contribution is 5.05. The lowest BCUT2D eigenvalue weighted by Crippen LogP contribution is -2.35. The lowest BCUT2D eigenvalue weighted by Gasteiger charge is -2.02. The van der Waals surface area contributed by atoms with E-state index in [1.165, 1.54) is 37.7 Å². The lowest BCUT2D eigenvalue weighted by atomic mass is 10.1. The molecule has 0 fully saturated rings. The largest absolute Gasteiger partial charge is 0.394 e. The van der Waals surface area contributed by atoms with Crippen molar-refractivity contribution in [2.75, 3.05) is 19.8 Å². The smallest absolute Gasteiger partial charge is 0.172 e. The molecule has 0 aliphatic heterocycles. The van der Waals surface area contributed by atoms with E-state index in [4.69, 9.17) is 9.84 Å². The van der Waals surface area contributed by atoms with E-state index in [9.17, 15) is 0 Å². The molecule has 1 rings (SSSR count). The molecule has 1 aromatic heterocycles. The Hall–Kier alpha value is -0.930. The standard InChI is InChI=1S/C15H26NO2/c1-2-3-4-5-7-15-8-6-9-16(14-15)10-12-18-13-11-17/h6,8-9,14,17H,2-5,7,10-13H2,1H3/q+1. The summed E-state index contributed by atoms with van der Waals surface area (Å²) in [5.74, 6) is 0. The summed E-state index contributed by atoms with van der Waals surface area (Å²) in [4.78, 5) is 0. The number of pyridine rings is 1. The van der Waals surface area contributed by atoms with E-state index >= 15 is 0 Å². The monoisotopic (exact) mass is 252 g/mol. The van der Waals surface area contributed by atoms with Gasteiger partial charge < -0.3 is 9.84 Å². The van der Waals surface area contributed by atoms with Crippen molar-refractivity contribution >= 4 is 0 Å². The van der Waals surface area contributed by atoms with E-state index in [1.807, 2.05) is 0 Å². The first-order valence-corrected chi connectivity index (χ1v) is 7.03. The van der Waals surface area contributed by atoms with Crippen LogP contribution in [-0.2, 0) is 17.7 Å². The third-order valence-electron chi connectivity index (χ3n) is 2.97. The molecule has 3 heteroatoms. The SMILES string of the molecule is CCCCCCc1ccc[n+](CCOCCO)c1. The van der Waals surface area contributed by atoms with Gasteiger partial charge in [0.25, 0.3) is 0 Å². The fourth-order valence-electron chi connectivity index (χ4n) is 1.96. The average molecular weight is 252 g/mol. The third-order valence-corrected chi connectivity index (χ3v) is 2.97. The second-order valence-electron chi connectivity index (χ2n) is 4.60. The zero-order valence-electron chi connectivity index (χ0n) is 11.5. The van der Waals surface area contributed by atoms with Crippen molar-refractivity contribution < 1.29 is 14.4 Å². The fourth-order valence-corrected chi connectivity index (χ4v) is 1.96. The summed E-state index contributed by atoms with van der Waals surface area (Å²) >= 11 is 0. The van der Waals surface area contributed by atoms with Gasteiger partial charge in [0.15, 0.2) is 18.9 Å². The van der Waals surface area contributed by atoms with Crippen LogP contribution in [-0.4, -0.2) is 24.9 Å². The van der Waals surface area contributed by atoms with Crippen molar-refractivity contribution in [2.45, 2.75) is 45.6 Å². The summed E-state index contributed by atoms with van der Waals surface area (Å²) in [5.41, 5.74) is 1.40. The Morgan fingerprint density at radius 3 is 2.89 bits per heavy atom. The Bertz CT molecular complexity index is 288. The molecular weight excluding hydrogens is 226 g/mol. The van der Waals surface area contributed by atoms with Crippen molar-refractivity contribution in [3.8, 4) is 0 Å². The molecule has 1 N–H and O–H groups in total. The molecule has 0 amide bonds. The maximum Gasteiger partial charge on any atom is 0.172 e. The van der Waals surface area contributed by atoms with Gasteiger partial charge in [0.2, 0.25) is 0 Å². The number of aliphatic hydroxyl groups is 1. The molecule has 0 saturated carbocycles. The molecule has 18 heavy (non-hydrogen) atoms. The molecular formula is C15H26NO2+. The fraction of sp³-hybridized carbons (Fsp3) is 0.667. The quantitative estimate of drug-likeness (QED) is 0.511. The molecule has 1 heterocycles. The molecule has 0 aliphatic rings. The number of nitrogens with zero attached hydrogens (tertiary/aromatic N) is 1. The number of hydrogen-bond donors (Lipinski definition) is 1. The predicted molar refractivity (Wildman–Crippen MR) is 72.4 cm³/mol. The van der Waals surface area contributed by atoms with E-state index in [0.29, 0.717) is 13.2 Å². The van der Waals surface area contributed by atoms with Gasteiger partial charge in [0.05, 0.1) is 13.2 Å². The number of unbranched alkanes of at least 4 members (excludes halogenated alkanes) is 3. The van der Waals surface area contributed by atoms with Crippen molar-refractivity contribution in [2.24, 2.45) is 0 Å². The van der Waals surface area contributed by atoms with Gasteiger partial charge in [-0.1, -0.05) is 26.2 Å². The van der Waals surface area contributed by atoms with Crippen molar-refractivity contribution in [3.63, 3.8) is 0 Å². The third kappa shape index (κ3) is 6.72. The van der Waals surface area contributed by atoms with Gasteiger partial charge in [0, 0.05) is 11.6 Å². The number of aryl methyl sites for hydroxylation is 1. The van der Waals surface area contributed by atoms with E-state index in [-0.39, 0.29) is 6.61 Å². The molecule has 1 aromatic rings. The molecule has 3 nitrogen and oxygen atoms in total. The second kappa shape index (κ2) is 10.0. The molecule has 0 aromatic carbocycles. The highest BCUT2D eigenvalue weighted by Gasteiger charge is 2.02. The van der Waals surface area contributed by atoms with Gasteiger partial charge in [-0.15, -0.1) is 0 Å². The Morgan fingerprint density at radius 2 is 2.11 bits per heavy atom. The van der Waals surface area contributed by atoms with Gasteiger partial charge >= 0.3 is 0 Å². The number of ether oxygens (including phenoxy) is 1. The maximum absolute atomic E-state index is 8.62. The number of hydrogen-bond acceptors (Lipinski definition) is 2. The predicted octanol–water partition coefficient (Wildman–Crippen LogP) is 2.11. The summed E-state index contributed by atoms with van der Waals surface area (Å²) in [6.45, 7) is 4.27. The summed E-state index contributed by atoms with van der Waals surface area (Å²) in [6, 6.07) is 4.29. The highest BCUT2D eigenvalue weighted by atomic mass is 16.5. The first-order valence-electron chi connectivity index (χ1n) is 7.03. The minimum Gasteiger partial charge on any atom is -0.394 e. The maximum atomic E-state index is 8.62. The van der Waals surface area contributed by atoms with Gasteiger partial charge in [0.1, 0.15) is 6.61 Å². The first-order chi connectivity index (χ1) is 8.86. The van der Waals surface area contributed by atoms with E-state index in [2.05, 4.69) is 36.0 Å². The van der Waals surface area contributed by atoms with Gasteiger partial charge in [-0.25, -0.2) is 4.57 Å². The second-order valence-corrected chi connectivity index (χ2v) is 4.60. The van der Waals surface area contributed by atoms with Crippen LogP contribution < -0.4 is 4.57 Å². The Morgan fingerprint density at radius 1 is 1.22 bits per heavy atom. The van der Waals surface area contributed by atoms with Crippen LogP contribution in [0.5, 0.6) is 0 Å². The van der Waals surface area contributed by atoms with Crippen molar-refractivity contribution in [1.29, 1.82) is 0 Å². The lowest BCUT2D eigenvalue weighted by molar-refractivity contribution is -0.698. The zero-order valence-corrected chi connectivity index (χ0v) is 11.5. The summed E-state index contributed by atoms with van der Waals surface area (Å²) in [5, 5.41) is 8.62. The summed E-state index contributed by atoms with van der Waals surface area (Å²) < 4.78 is 7.43.